The van der Waals surface area contributed by atoms with E-state index in [0.29, 0.717) is 18.2 Å². The summed E-state index contributed by atoms with van der Waals surface area (Å²) < 4.78 is 5.23. The summed E-state index contributed by atoms with van der Waals surface area (Å²) in [5.74, 6) is 0.266. The first-order valence-electron chi connectivity index (χ1n) is 5.40. The van der Waals surface area contributed by atoms with E-state index in [1.54, 1.807) is 6.20 Å². The number of aryl methyl sites for hydroxylation is 1. The SMILES string of the molecule is Cc1cnc(C(=O)NC[C@H]2CCOC2)cn1. The van der Waals surface area contributed by atoms with Gasteiger partial charge in [0.25, 0.3) is 5.91 Å². The second kappa shape index (κ2) is 5.03. The van der Waals surface area contributed by atoms with E-state index in [1.807, 2.05) is 6.92 Å². The van der Waals surface area contributed by atoms with Crippen LogP contribution in [-0.4, -0.2) is 35.6 Å². The average Bonchev–Trinajstić information content (AvgIpc) is 2.80. The normalized spacial score (nSPS) is 19.7. The molecule has 0 bridgehead atoms. The second-order valence-corrected chi connectivity index (χ2v) is 3.98. The molecule has 1 fully saturated rings. The molecule has 1 aromatic heterocycles. The van der Waals surface area contributed by atoms with Gasteiger partial charge in [-0.3, -0.25) is 9.78 Å². The largest absolute Gasteiger partial charge is 0.381 e. The third-order valence-electron chi connectivity index (χ3n) is 2.59. The molecular weight excluding hydrogens is 206 g/mol. The van der Waals surface area contributed by atoms with Crippen LogP contribution in [0.1, 0.15) is 22.6 Å². The summed E-state index contributed by atoms with van der Waals surface area (Å²) >= 11 is 0. The number of ether oxygens (including phenoxy) is 1. The maximum Gasteiger partial charge on any atom is 0.271 e. The zero-order chi connectivity index (χ0) is 11.4. The lowest BCUT2D eigenvalue weighted by Gasteiger charge is -2.08. The molecule has 5 nitrogen and oxygen atoms in total. The fourth-order valence-electron chi connectivity index (χ4n) is 1.58. The molecule has 2 heterocycles. The van der Waals surface area contributed by atoms with Crippen LogP contribution < -0.4 is 5.32 Å². The Labute approximate surface area is 94.2 Å². The maximum absolute atomic E-state index is 11.7. The molecule has 1 amide bonds. The lowest BCUT2D eigenvalue weighted by molar-refractivity contribution is 0.0939. The van der Waals surface area contributed by atoms with Crippen molar-refractivity contribution >= 4 is 5.91 Å². The van der Waals surface area contributed by atoms with Crippen molar-refractivity contribution < 1.29 is 9.53 Å². The van der Waals surface area contributed by atoms with Crippen LogP contribution in [0, 0.1) is 12.8 Å². The molecule has 1 atom stereocenters. The maximum atomic E-state index is 11.7. The summed E-state index contributed by atoms with van der Waals surface area (Å²) in [6.45, 7) is 4.02. The monoisotopic (exact) mass is 221 g/mol. The van der Waals surface area contributed by atoms with Gasteiger partial charge in [-0.2, -0.15) is 0 Å². The molecule has 16 heavy (non-hydrogen) atoms. The highest BCUT2D eigenvalue weighted by Crippen LogP contribution is 2.10. The number of hydrogen-bond donors (Lipinski definition) is 1. The molecule has 2 rings (SSSR count). The van der Waals surface area contributed by atoms with E-state index in [1.165, 1.54) is 6.20 Å². The van der Waals surface area contributed by atoms with Crippen LogP contribution >= 0.6 is 0 Å². The summed E-state index contributed by atoms with van der Waals surface area (Å²) in [5, 5.41) is 2.84. The van der Waals surface area contributed by atoms with Gasteiger partial charge in [0.05, 0.1) is 18.5 Å². The van der Waals surface area contributed by atoms with E-state index in [2.05, 4.69) is 15.3 Å². The molecule has 0 unspecified atom stereocenters. The van der Waals surface area contributed by atoms with Crippen LogP contribution in [0.5, 0.6) is 0 Å². The Balaban J connectivity index is 1.85. The van der Waals surface area contributed by atoms with Crippen LogP contribution in [0.15, 0.2) is 12.4 Å². The second-order valence-electron chi connectivity index (χ2n) is 3.98. The van der Waals surface area contributed by atoms with Crippen LogP contribution in [-0.2, 0) is 4.74 Å². The molecule has 1 N–H and O–H groups in total. The Morgan fingerprint density at radius 3 is 3.06 bits per heavy atom. The van der Waals surface area contributed by atoms with Crippen molar-refractivity contribution in [2.75, 3.05) is 19.8 Å². The number of rotatable bonds is 3. The zero-order valence-electron chi connectivity index (χ0n) is 9.27. The smallest absolute Gasteiger partial charge is 0.271 e. The quantitative estimate of drug-likeness (QED) is 0.809. The molecule has 0 spiro atoms. The van der Waals surface area contributed by atoms with Crippen molar-refractivity contribution in [1.82, 2.24) is 15.3 Å². The highest BCUT2D eigenvalue weighted by molar-refractivity contribution is 5.91. The van der Waals surface area contributed by atoms with Crippen LogP contribution in [0.2, 0.25) is 0 Å². The van der Waals surface area contributed by atoms with Crippen molar-refractivity contribution in [3.8, 4) is 0 Å². The molecule has 1 aliphatic rings. The number of aromatic nitrogens is 2. The number of amides is 1. The molecule has 0 aromatic carbocycles. The summed E-state index contributed by atoms with van der Waals surface area (Å²) in [5.41, 5.74) is 1.17. The van der Waals surface area contributed by atoms with Crippen LogP contribution in [0.25, 0.3) is 0 Å². The van der Waals surface area contributed by atoms with E-state index in [-0.39, 0.29) is 5.91 Å². The molecule has 0 saturated carbocycles. The van der Waals surface area contributed by atoms with Crippen molar-refractivity contribution in [3.63, 3.8) is 0 Å². The summed E-state index contributed by atoms with van der Waals surface area (Å²) in [7, 11) is 0. The zero-order valence-corrected chi connectivity index (χ0v) is 9.27. The predicted octanol–water partition coefficient (Wildman–Crippen LogP) is 0.551. The predicted molar refractivity (Wildman–Crippen MR) is 58.0 cm³/mol. The first-order valence-corrected chi connectivity index (χ1v) is 5.40. The van der Waals surface area contributed by atoms with E-state index in [0.717, 1.165) is 25.3 Å². The molecule has 1 aromatic rings. The third kappa shape index (κ3) is 2.76. The topological polar surface area (TPSA) is 64.1 Å². The standard InChI is InChI=1S/C11H15N3O2/c1-8-4-13-10(6-12-8)11(15)14-5-9-2-3-16-7-9/h4,6,9H,2-3,5,7H2,1H3,(H,14,15)/t9-/m1/s1. The Hall–Kier alpha value is -1.49. The number of nitrogens with one attached hydrogen (secondary N) is 1. The minimum absolute atomic E-state index is 0.167. The van der Waals surface area contributed by atoms with Crippen molar-refractivity contribution in [2.24, 2.45) is 5.92 Å². The summed E-state index contributed by atoms with van der Waals surface area (Å²) in [4.78, 5) is 19.7. The lowest BCUT2D eigenvalue weighted by atomic mass is 10.1. The van der Waals surface area contributed by atoms with E-state index in [9.17, 15) is 4.79 Å². The highest BCUT2D eigenvalue weighted by atomic mass is 16.5. The molecule has 86 valence electrons. The third-order valence-corrected chi connectivity index (χ3v) is 2.59. The van der Waals surface area contributed by atoms with Gasteiger partial charge < -0.3 is 10.1 Å². The number of carbonyl (C=O) groups excluding carboxylic acids is 1. The van der Waals surface area contributed by atoms with Gasteiger partial charge in [-0.25, -0.2) is 4.98 Å². The Morgan fingerprint density at radius 1 is 1.56 bits per heavy atom. The first-order chi connectivity index (χ1) is 7.75. The summed E-state index contributed by atoms with van der Waals surface area (Å²) in [6.07, 6.45) is 4.10. The number of hydrogen-bond acceptors (Lipinski definition) is 4. The van der Waals surface area contributed by atoms with Crippen LogP contribution in [0.3, 0.4) is 0 Å². The molecule has 5 heteroatoms. The van der Waals surface area contributed by atoms with Gasteiger partial charge in [-0.05, 0) is 13.3 Å². The van der Waals surface area contributed by atoms with Gasteiger partial charge in [-0.1, -0.05) is 0 Å². The fourth-order valence-corrected chi connectivity index (χ4v) is 1.58. The molecule has 1 saturated heterocycles. The van der Waals surface area contributed by atoms with Gasteiger partial charge in [-0.15, -0.1) is 0 Å². The van der Waals surface area contributed by atoms with Gasteiger partial charge in [0.15, 0.2) is 0 Å². The van der Waals surface area contributed by atoms with Gasteiger partial charge >= 0.3 is 0 Å². The van der Waals surface area contributed by atoms with Crippen molar-refractivity contribution in [1.29, 1.82) is 0 Å². The average molecular weight is 221 g/mol. The van der Waals surface area contributed by atoms with Crippen molar-refractivity contribution in [2.45, 2.75) is 13.3 Å². The molecular formula is C11H15N3O2. The molecule has 1 aliphatic heterocycles. The number of carbonyl (C=O) groups is 1. The molecule has 0 radical (unpaired) electrons. The van der Waals surface area contributed by atoms with E-state index < -0.39 is 0 Å². The first kappa shape index (κ1) is 11.0. The Bertz CT molecular complexity index is 358. The van der Waals surface area contributed by atoms with Gasteiger partial charge in [0.1, 0.15) is 5.69 Å². The Morgan fingerprint density at radius 2 is 2.44 bits per heavy atom. The minimum Gasteiger partial charge on any atom is -0.381 e. The van der Waals surface area contributed by atoms with Gasteiger partial charge in [0, 0.05) is 25.3 Å². The van der Waals surface area contributed by atoms with E-state index >= 15 is 0 Å². The lowest BCUT2D eigenvalue weighted by Crippen LogP contribution is -2.30. The van der Waals surface area contributed by atoms with Crippen LogP contribution in [0.4, 0.5) is 0 Å². The Kier molecular flexibility index (Phi) is 3.46. The van der Waals surface area contributed by atoms with Crippen molar-refractivity contribution in [3.05, 3.63) is 23.8 Å². The molecule has 0 aliphatic carbocycles. The minimum atomic E-state index is -0.167. The van der Waals surface area contributed by atoms with Gasteiger partial charge in [0.2, 0.25) is 0 Å². The highest BCUT2D eigenvalue weighted by Gasteiger charge is 2.17. The van der Waals surface area contributed by atoms with E-state index in [4.69, 9.17) is 4.74 Å². The number of nitrogens with zero attached hydrogens (tertiary/aromatic N) is 2. The fraction of sp³-hybridized carbons (Fsp3) is 0.545. The summed E-state index contributed by atoms with van der Waals surface area (Å²) in [6, 6.07) is 0.